The molecular weight excluding hydrogens is 713 g/mol. The van der Waals surface area contributed by atoms with Crippen LogP contribution in [0.25, 0.3) is 133 Å². The molecular formula is C48H24MgN8. The second kappa shape index (κ2) is 12.0. The number of benzene rings is 8. The van der Waals surface area contributed by atoms with Crippen molar-refractivity contribution >= 4 is 110 Å². The molecule has 3 aromatic heterocycles. The Kier molecular flexibility index (Phi) is 6.76. The molecule has 0 atom stereocenters. The van der Waals surface area contributed by atoms with Crippen LogP contribution in [-0.4, -0.2) is 53.0 Å². The Labute approximate surface area is 339 Å². The molecule has 2 aliphatic rings. The summed E-state index contributed by atoms with van der Waals surface area (Å²) in [5.41, 5.74) is 5.67. The van der Waals surface area contributed by atoms with Gasteiger partial charge in [-0.15, -0.1) is 0 Å². The van der Waals surface area contributed by atoms with Crippen molar-refractivity contribution in [2.24, 2.45) is 0 Å². The normalized spacial score (nSPS) is 12.1. The summed E-state index contributed by atoms with van der Waals surface area (Å²) in [6, 6.07) is 50.4. The van der Waals surface area contributed by atoms with Crippen molar-refractivity contribution in [3.8, 4) is 45.6 Å². The summed E-state index contributed by atoms with van der Waals surface area (Å²) in [4.78, 5) is 41.6. The van der Waals surface area contributed by atoms with E-state index in [1.54, 1.807) is 0 Å². The monoisotopic (exact) mass is 736 g/mol. The van der Waals surface area contributed by atoms with Crippen LogP contribution in [0.1, 0.15) is 0 Å². The van der Waals surface area contributed by atoms with E-state index in [2.05, 4.69) is 97.1 Å². The molecule has 0 saturated carbocycles. The third-order valence-electron chi connectivity index (χ3n) is 11.2. The fraction of sp³-hybridized carbons (Fsp3) is 0. The van der Waals surface area contributed by atoms with E-state index in [-0.39, 0.29) is 23.1 Å². The van der Waals surface area contributed by atoms with Crippen molar-refractivity contribution < 1.29 is 0 Å². The molecule has 0 N–H and O–H groups in total. The van der Waals surface area contributed by atoms with E-state index in [1.807, 2.05) is 48.5 Å². The van der Waals surface area contributed by atoms with Gasteiger partial charge in [-0.2, -0.15) is 0 Å². The zero-order valence-electron chi connectivity index (χ0n) is 30.1. The van der Waals surface area contributed by atoms with Crippen LogP contribution in [0.15, 0.2) is 146 Å². The molecule has 0 amide bonds. The molecule has 0 radical (unpaired) electrons. The molecule has 8 nitrogen and oxygen atoms in total. The summed E-state index contributed by atoms with van der Waals surface area (Å²) >= 11 is 0. The van der Waals surface area contributed by atoms with Crippen LogP contribution in [0.2, 0.25) is 0 Å². The molecule has 0 saturated heterocycles. The molecule has 13 rings (SSSR count). The minimum Gasteiger partial charge on any atom is -0.357 e. The van der Waals surface area contributed by atoms with E-state index in [0.717, 1.165) is 86.9 Å². The van der Waals surface area contributed by atoms with Crippen LogP contribution in [0.5, 0.6) is 0 Å². The number of nitrogens with zero attached hydrogens (tertiary/aromatic N) is 8. The maximum Gasteiger partial charge on any atom is 2.00 e. The minimum absolute atomic E-state index is 0. The Morgan fingerprint density at radius 1 is 0.263 bits per heavy atom. The first-order valence-electron chi connectivity index (χ1n) is 18.5. The topological polar surface area (TPSA) is 106 Å². The van der Waals surface area contributed by atoms with Gasteiger partial charge >= 0.3 is 23.1 Å². The van der Waals surface area contributed by atoms with Gasteiger partial charge in [0.15, 0.2) is 0 Å². The van der Waals surface area contributed by atoms with Gasteiger partial charge in [-0.3, -0.25) is 0 Å². The second-order valence-corrected chi connectivity index (χ2v) is 14.5. The zero-order chi connectivity index (χ0) is 36.5. The van der Waals surface area contributed by atoms with E-state index in [0.29, 0.717) is 45.9 Å². The van der Waals surface area contributed by atoms with E-state index in [1.165, 1.54) is 0 Å². The number of fused-ring (bicyclic) bond motifs is 24. The van der Waals surface area contributed by atoms with Crippen LogP contribution in [0.3, 0.4) is 0 Å². The smallest absolute Gasteiger partial charge is 0.357 e. The number of hydrogen-bond acceptors (Lipinski definition) is 6. The molecule has 2 aliphatic heterocycles. The van der Waals surface area contributed by atoms with Gasteiger partial charge in [-0.25, -0.2) is 9.97 Å². The molecule has 9 heteroatoms. The van der Waals surface area contributed by atoms with Crippen molar-refractivity contribution in [2.45, 2.75) is 0 Å². The Hall–Kier alpha value is -7.07. The van der Waals surface area contributed by atoms with Crippen molar-refractivity contribution in [2.75, 3.05) is 0 Å². The van der Waals surface area contributed by atoms with E-state index < -0.39 is 0 Å². The molecule has 258 valence electrons. The Balaban J connectivity index is 0.00000356. The van der Waals surface area contributed by atoms with Gasteiger partial charge in [0, 0.05) is 44.8 Å². The molecule has 5 heterocycles. The number of hydrogen-bond donors (Lipinski definition) is 0. The molecule has 8 bridgehead atoms. The van der Waals surface area contributed by atoms with Crippen LogP contribution in [0, 0.1) is 0 Å². The number of aromatic nitrogens is 8. The van der Waals surface area contributed by atoms with Gasteiger partial charge in [-0.05, 0) is 113 Å². The van der Waals surface area contributed by atoms with Crippen molar-refractivity contribution in [3.63, 3.8) is 0 Å². The van der Waals surface area contributed by atoms with Gasteiger partial charge in [0.1, 0.15) is 0 Å². The molecule has 0 aliphatic carbocycles. The van der Waals surface area contributed by atoms with Crippen LogP contribution < -0.4 is 9.97 Å². The maximum atomic E-state index is 5.24. The summed E-state index contributed by atoms with van der Waals surface area (Å²) in [7, 11) is 0. The summed E-state index contributed by atoms with van der Waals surface area (Å²) < 4.78 is 0. The van der Waals surface area contributed by atoms with Crippen LogP contribution in [-0.2, 0) is 0 Å². The average molecular weight is 737 g/mol. The van der Waals surface area contributed by atoms with Crippen LogP contribution >= 0.6 is 0 Å². The Bertz CT molecular complexity index is 3260. The van der Waals surface area contributed by atoms with E-state index in [9.17, 15) is 0 Å². The number of rotatable bonds is 0. The third-order valence-corrected chi connectivity index (χ3v) is 11.2. The van der Waals surface area contributed by atoms with E-state index in [4.69, 9.17) is 39.9 Å². The predicted octanol–water partition coefficient (Wildman–Crippen LogP) is 10.4. The summed E-state index contributed by atoms with van der Waals surface area (Å²) in [6.45, 7) is 0. The predicted molar refractivity (Wildman–Crippen MR) is 230 cm³/mol. The quantitative estimate of drug-likeness (QED) is 0.142. The van der Waals surface area contributed by atoms with Crippen molar-refractivity contribution in [1.29, 1.82) is 0 Å². The first-order chi connectivity index (χ1) is 27.7. The zero-order valence-corrected chi connectivity index (χ0v) is 31.6. The minimum atomic E-state index is 0. The molecule has 0 fully saturated rings. The average Bonchev–Trinajstić information content (AvgIpc) is 3.95. The third kappa shape index (κ3) is 4.86. The molecule has 57 heavy (non-hydrogen) atoms. The maximum absolute atomic E-state index is 5.24. The Morgan fingerprint density at radius 3 is 0.702 bits per heavy atom. The molecule has 0 unspecified atom stereocenters. The van der Waals surface area contributed by atoms with Gasteiger partial charge in [0.05, 0.1) is 23.3 Å². The standard InChI is InChI=1S/C48H24N8.Mg/c1-2-10-26-18-34-33(17-25(26)9-1)41-49-42(34)54-44-37-21-29-13-5-6-14-30(29)22-38(37)46(51-44)56-48-40-24-32-16-8-7-15-31(32)23-39(40)47(52-48)55-45-36-20-28-12-4-3-11-27(28)19-35(36)43(50-45)53-41;/h1-24H;/q-2;+2. The summed E-state index contributed by atoms with van der Waals surface area (Å²) in [5.74, 6) is 2.14. The van der Waals surface area contributed by atoms with Gasteiger partial charge in [0.2, 0.25) is 0 Å². The van der Waals surface area contributed by atoms with Crippen molar-refractivity contribution in [3.05, 3.63) is 146 Å². The van der Waals surface area contributed by atoms with Gasteiger partial charge in [0.25, 0.3) is 0 Å². The summed E-state index contributed by atoms with van der Waals surface area (Å²) in [5, 5.41) is 12.2. The SMILES string of the molecule is [Mg+2].c1ccc2cc3c(cc2c1)-c1nc-3nc2[n-]c(nc3nc(nc4[n-]c(n1)c1cc5ccccc5cc41)-c1cc4ccccc4cc1-3)c1cc3ccccc3cc21. The van der Waals surface area contributed by atoms with Crippen molar-refractivity contribution in [1.82, 2.24) is 39.9 Å². The summed E-state index contributed by atoms with van der Waals surface area (Å²) in [6.07, 6.45) is 0. The second-order valence-electron chi connectivity index (χ2n) is 14.5. The molecule has 11 aromatic rings. The first kappa shape index (κ1) is 32.2. The first-order valence-corrected chi connectivity index (χ1v) is 18.5. The van der Waals surface area contributed by atoms with Gasteiger partial charge in [-0.1, -0.05) is 97.1 Å². The van der Waals surface area contributed by atoms with E-state index >= 15 is 0 Å². The fourth-order valence-corrected chi connectivity index (χ4v) is 8.41. The van der Waals surface area contributed by atoms with Gasteiger partial charge < -0.3 is 29.9 Å². The van der Waals surface area contributed by atoms with Crippen LogP contribution in [0.4, 0.5) is 0 Å². The fourth-order valence-electron chi connectivity index (χ4n) is 8.41. The Morgan fingerprint density at radius 2 is 0.474 bits per heavy atom. The molecule has 8 aromatic carbocycles. The molecule has 0 spiro atoms. The largest absolute Gasteiger partial charge is 2.00 e.